The SMILES string of the molecule is COC(=O)CSCCC(=O)Nc1ccnn1Cc1cccc(Br)c1. The third-order valence-electron chi connectivity index (χ3n) is 3.13. The minimum absolute atomic E-state index is 0.108. The number of thioether (sulfide) groups is 1. The summed E-state index contributed by atoms with van der Waals surface area (Å²) < 4.78 is 7.29. The van der Waals surface area contributed by atoms with E-state index in [1.807, 2.05) is 24.3 Å². The van der Waals surface area contributed by atoms with Gasteiger partial charge in [0, 0.05) is 22.7 Å². The lowest BCUT2D eigenvalue weighted by Gasteiger charge is -2.09. The van der Waals surface area contributed by atoms with E-state index in [0.717, 1.165) is 10.0 Å². The van der Waals surface area contributed by atoms with Crippen molar-refractivity contribution < 1.29 is 14.3 Å². The molecule has 24 heavy (non-hydrogen) atoms. The molecule has 1 N–H and O–H groups in total. The average Bonchev–Trinajstić information content (AvgIpc) is 2.98. The van der Waals surface area contributed by atoms with Gasteiger partial charge in [-0.2, -0.15) is 5.10 Å². The topological polar surface area (TPSA) is 73.2 Å². The van der Waals surface area contributed by atoms with E-state index in [9.17, 15) is 9.59 Å². The number of nitrogens with zero attached hydrogens (tertiary/aromatic N) is 2. The molecule has 1 amide bonds. The van der Waals surface area contributed by atoms with Crippen LogP contribution in [0.5, 0.6) is 0 Å². The van der Waals surface area contributed by atoms with Crippen LogP contribution < -0.4 is 5.32 Å². The molecule has 0 unspecified atom stereocenters. The number of aromatic nitrogens is 2. The van der Waals surface area contributed by atoms with Gasteiger partial charge in [0.2, 0.25) is 5.91 Å². The number of anilines is 1. The molecule has 1 heterocycles. The number of ether oxygens (including phenoxy) is 1. The van der Waals surface area contributed by atoms with E-state index in [1.165, 1.54) is 18.9 Å². The van der Waals surface area contributed by atoms with Gasteiger partial charge < -0.3 is 10.1 Å². The number of amides is 1. The number of carbonyl (C=O) groups excluding carboxylic acids is 2. The highest BCUT2D eigenvalue weighted by Crippen LogP contribution is 2.15. The number of esters is 1. The fourth-order valence-corrected chi connectivity index (χ4v) is 3.16. The quantitative estimate of drug-likeness (QED) is 0.533. The second kappa shape index (κ2) is 9.48. The molecule has 0 spiro atoms. The lowest BCUT2D eigenvalue weighted by Crippen LogP contribution is -2.17. The largest absolute Gasteiger partial charge is 0.468 e. The van der Waals surface area contributed by atoms with Crippen molar-refractivity contribution in [3.63, 3.8) is 0 Å². The predicted octanol–water partition coefficient (Wildman–Crippen LogP) is 2.93. The molecule has 0 aliphatic carbocycles. The average molecular weight is 412 g/mol. The number of benzene rings is 1. The Kier molecular flexibility index (Phi) is 7.33. The van der Waals surface area contributed by atoms with Gasteiger partial charge in [0.1, 0.15) is 5.82 Å². The molecule has 0 aliphatic rings. The number of rotatable bonds is 8. The van der Waals surface area contributed by atoms with Gasteiger partial charge in [-0.1, -0.05) is 28.1 Å². The van der Waals surface area contributed by atoms with Gasteiger partial charge >= 0.3 is 5.97 Å². The summed E-state index contributed by atoms with van der Waals surface area (Å²) in [5.74, 6) is 1.07. The highest BCUT2D eigenvalue weighted by molar-refractivity contribution is 9.10. The first-order valence-electron chi connectivity index (χ1n) is 7.29. The van der Waals surface area contributed by atoms with Crippen molar-refractivity contribution in [2.45, 2.75) is 13.0 Å². The zero-order valence-corrected chi connectivity index (χ0v) is 15.6. The molecule has 1 aromatic heterocycles. The summed E-state index contributed by atoms with van der Waals surface area (Å²) in [4.78, 5) is 23.0. The van der Waals surface area contributed by atoms with Crippen LogP contribution in [0.25, 0.3) is 0 Å². The third kappa shape index (κ3) is 6.01. The lowest BCUT2D eigenvalue weighted by atomic mass is 10.2. The van der Waals surface area contributed by atoms with Gasteiger partial charge in [0.25, 0.3) is 0 Å². The maximum Gasteiger partial charge on any atom is 0.315 e. The number of methoxy groups -OCH3 is 1. The standard InChI is InChI=1S/C16H18BrN3O3S/c1-23-16(22)11-24-8-6-15(21)19-14-5-7-18-20(14)10-12-3-2-4-13(17)9-12/h2-5,7,9H,6,8,10-11H2,1H3,(H,19,21). The zero-order chi connectivity index (χ0) is 17.4. The van der Waals surface area contributed by atoms with E-state index in [4.69, 9.17) is 0 Å². The molecule has 0 aliphatic heterocycles. The number of nitrogens with one attached hydrogen (secondary N) is 1. The molecule has 128 valence electrons. The summed E-state index contributed by atoms with van der Waals surface area (Å²) in [7, 11) is 1.35. The summed E-state index contributed by atoms with van der Waals surface area (Å²) >= 11 is 4.81. The first kappa shape index (κ1) is 18.5. The fourth-order valence-electron chi connectivity index (χ4n) is 1.96. The van der Waals surface area contributed by atoms with E-state index < -0.39 is 0 Å². The van der Waals surface area contributed by atoms with Crippen molar-refractivity contribution in [3.8, 4) is 0 Å². The van der Waals surface area contributed by atoms with Gasteiger partial charge in [0.15, 0.2) is 0 Å². The minimum Gasteiger partial charge on any atom is -0.468 e. The molecule has 0 atom stereocenters. The summed E-state index contributed by atoms with van der Waals surface area (Å²) in [6, 6.07) is 9.69. The molecule has 6 nitrogen and oxygen atoms in total. The Labute approximate surface area is 153 Å². The summed E-state index contributed by atoms with van der Waals surface area (Å²) in [5, 5.41) is 7.09. The van der Waals surface area contributed by atoms with Crippen LogP contribution in [0, 0.1) is 0 Å². The molecule has 0 fully saturated rings. The van der Waals surface area contributed by atoms with Gasteiger partial charge in [-0.15, -0.1) is 11.8 Å². The Hall–Kier alpha value is -1.80. The Morgan fingerprint density at radius 1 is 1.38 bits per heavy atom. The highest BCUT2D eigenvalue weighted by atomic mass is 79.9. The molecule has 1 aromatic carbocycles. The van der Waals surface area contributed by atoms with Gasteiger partial charge in [-0.05, 0) is 17.7 Å². The smallest absolute Gasteiger partial charge is 0.315 e. The molecule has 0 saturated heterocycles. The van der Waals surface area contributed by atoms with Crippen LogP contribution in [0.3, 0.4) is 0 Å². The van der Waals surface area contributed by atoms with Crippen LogP contribution in [0.4, 0.5) is 5.82 Å². The van der Waals surface area contributed by atoms with Crippen LogP contribution >= 0.6 is 27.7 Å². The first-order chi connectivity index (χ1) is 11.6. The molecule has 0 bridgehead atoms. The van der Waals surface area contributed by atoms with Crippen molar-refractivity contribution in [3.05, 3.63) is 46.6 Å². The second-order valence-corrected chi connectivity index (χ2v) is 6.95. The van der Waals surface area contributed by atoms with E-state index in [0.29, 0.717) is 24.5 Å². The van der Waals surface area contributed by atoms with Crippen molar-refractivity contribution in [2.75, 3.05) is 23.9 Å². The first-order valence-corrected chi connectivity index (χ1v) is 9.24. The van der Waals surface area contributed by atoms with E-state index in [-0.39, 0.29) is 17.6 Å². The van der Waals surface area contributed by atoms with Crippen LogP contribution in [0.1, 0.15) is 12.0 Å². The van der Waals surface area contributed by atoms with E-state index in [2.05, 4.69) is 31.1 Å². The highest BCUT2D eigenvalue weighted by Gasteiger charge is 2.09. The van der Waals surface area contributed by atoms with Crippen LogP contribution in [0.2, 0.25) is 0 Å². The van der Waals surface area contributed by atoms with Crippen LogP contribution in [-0.2, 0) is 20.9 Å². The summed E-state index contributed by atoms with van der Waals surface area (Å²) in [6.45, 7) is 0.569. The van der Waals surface area contributed by atoms with Crippen molar-refractivity contribution in [1.29, 1.82) is 0 Å². The maximum absolute atomic E-state index is 12.0. The Balaban J connectivity index is 1.84. The Morgan fingerprint density at radius 3 is 2.96 bits per heavy atom. The molecule has 0 radical (unpaired) electrons. The molecule has 2 rings (SSSR count). The van der Waals surface area contributed by atoms with Crippen molar-refractivity contribution >= 4 is 45.4 Å². The van der Waals surface area contributed by atoms with Gasteiger partial charge in [-0.25, -0.2) is 4.68 Å². The molecular weight excluding hydrogens is 394 g/mol. The molecule has 2 aromatic rings. The zero-order valence-electron chi connectivity index (χ0n) is 13.2. The molecule has 8 heteroatoms. The van der Waals surface area contributed by atoms with Crippen LogP contribution in [0.15, 0.2) is 41.0 Å². The van der Waals surface area contributed by atoms with Crippen molar-refractivity contribution in [1.82, 2.24) is 9.78 Å². The maximum atomic E-state index is 12.0. The fraction of sp³-hybridized carbons (Fsp3) is 0.312. The van der Waals surface area contributed by atoms with E-state index in [1.54, 1.807) is 16.9 Å². The lowest BCUT2D eigenvalue weighted by molar-refractivity contribution is -0.137. The van der Waals surface area contributed by atoms with Crippen LogP contribution in [-0.4, -0.2) is 40.3 Å². The monoisotopic (exact) mass is 411 g/mol. The molecular formula is C16H18BrN3O3S. The van der Waals surface area contributed by atoms with Crippen molar-refractivity contribution in [2.24, 2.45) is 0 Å². The minimum atomic E-state index is -0.285. The number of hydrogen-bond acceptors (Lipinski definition) is 5. The number of carbonyl (C=O) groups is 2. The van der Waals surface area contributed by atoms with E-state index >= 15 is 0 Å². The number of halogens is 1. The third-order valence-corrected chi connectivity index (χ3v) is 4.55. The predicted molar refractivity (Wildman–Crippen MR) is 98.1 cm³/mol. The molecule has 0 saturated carbocycles. The van der Waals surface area contributed by atoms with Gasteiger partial charge in [0.05, 0.1) is 25.6 Å². The summed E-state index contributed by atoms with van der Waals surface area (Å²) in [5.41, 5.74) is 1.08. The van der Waals surface area contributed by atoms with Gasteiger partial charge in [-0.3, -0.25) is 9.59 Å². The number of hydrogen-bond donors (Lipinski definition) is 1. The Bertz CT molecular complexity index is 705. The second-order valence-electron chi connectivity index (χ2n) is 4.93. The normalized spacial score (nSPS) is 10.4. The Morgan fingerprint density at radius 2 is 2.21 bits per heavy atom. The summed E-state index contributed by atoms with van der Waals surface area (Å²) in [6.07, 6.45) is 1.98.